The van der Waals surface area contributed by atoms with E-state index in [9.17, 15) is 0 Å². The fraction of sp³-hybridized carbons (Fsp3) is 0.300. The molecule has 0 atom stereocenters. The van der Waals surface area contributed by atoms with Crippen LogP contribution in [0.25, 0.3) is 0 Å². The maximum atomic E-state index is 5.68. The number of nitrogens with zero attached hydrogens (tertiary/aromatic N) is 1. The van der Waals surface area contributed by atoms with E-state index < -0.39 is 0 Å². The molecule has 1 heterocycles. The van der Waals surface area contributed by atoms with E-state index in [-0.39, 0.29) is 0 Å². The number of thiophene rings is 1. The molecule has 1 aromatic rings. The molecule has 0 fully saturated rings. The molecule has 1 rings (SSSR count). The fourth-order valence-corrected chi connectivity index (χ4v) is 2.29. The van der Waals surface area contributed by atoms with E-state index in [2.05, 4.69) is 32.8 Å². The minimum atomic E-state index is 0.457. The van der Waals surface area contributed by atoms with E-state index in [1.807, 2.05) is 18.4 Å². The third-order valence-corrected chi connectivity index (χ3v) is 3.57. The molecule has 0 aliphatic carbocycles. The Bertz CT molecular complexity index is 370. The van der Waals surface area contributed by atoms with Gasteiger partial charge < -0.3 is 11.1 Å². The van der Waals surface area contributed by atoms with Crippen LogP contribution in [0.5, 0.6) is 0 Å². The summed E-state index contributed by atoms with van der Waals surface area (Å²) in [5.74, 6) is 0.457. The van der Waals surface area contributed by atoms with E-state index in [1.54, 1.807) is 11.3 Å². The van der Waals surface area contributed by atoms with Gasteiger partial charge in [-0.1, -0.05) is 12.2 Å². The lowest BCUT2D eigenvalue weighted by Crippen LogP contribution is -2.32. The van der Waals surface area contributed by atoms with Crippen molar-refractivity contribution in [1.29, 1.82) is 0 Å². The summed E-state index contributed by atoms with van der Waals surface area (Å²) in [7, 11) is 0. The molecule has 0 aliphatic heterocycles. The third kappa shape index (κ3) is 4.48. The first-order valence-electron chi connectivity index (χ1n) is 4.49. The van der Waals surface area contributed by atoms with Crippen LogP contribution in [0.2, 0.25) is 0 Å². The van der Waals surface area contributed by atoms with E-state index in [4.69, 9.17) is 5.73 Å². The van der Waals surface area contributed by atoms with Gasteiger partial charge in [0.05, 0.1) is 6.54 Å². The lowest BCUT2D eigenvalue weighted by molar-refractivity contribution is 0.944. The van der Waals surface area contributed by atoms with Crippen LogP contribution in [-0.2, 0) is 6.54 Å². The van der Waals surface area contributed by atoms with Gasteiger partial charge in [0.25, 0.3) is 0 Å². The molecule has 0 unspecified atom stereocenters. The van der Waals surface area contributed by atoms with Crippen LogP contribution in [0.4, 0.5) is 0 Å². The van der Waals surface area contributed by atoms with Crippen LogP contribution in [-0.4, -0.2) is 12.5 Å². The summed E-state index contributed by atoms with van der Waals surface area (Å²) in [5.41, 5.74) is 6.71. The summed E-state index contributed by atoms with van der Waals surface area (Å²) in [6.45, 7) is 6.99. The second-order valence-electron chi connectivity index (χ2n) is 3.20. The van der Waals surface area contributed by atoms with Crippen molar-refractivity contribution in [3.05, 3.63) is 32.9 Å². The normalized spacial score (nSPS) is 11.5. The molecule has 0 amide bonds. The fourth-order valence-electron chi connectivity index (χ4n) is 0.892. The standard InChI is InChI=1S/C10H14BrN3S/c1-7(2)5-13-10(12)14-6-9-8(11)3-4-15-9/h3-4H,1,5-6H2,2H3,(H3,12,13,14). The van der Waals surface area contributed by atoms with Gasteiger partial charge in [-0.2, -0.15) is 0 Å². The number of rotatable bonds is 4. The van der Waals surface area contributed by atoms with Gasteiger partial charge in [0.2, 0.25) is 0 Å². The number of guanidine groups is 1. The number of nitrogens with two attached hydrogens (primary N) is 1. The molecule has 0 aromatic carbocycles. The first-order valence-corrected chi connectivity index (χ1v) is 6.17. The molecular formula is C10H14BrN3S. The topological polar surface area (TPSA) is 50.4 Å². The number of hydrogen-bond donors (Lipinski definition) is 2. The predicted octanol–water partition coefficient (Wildman–Crippen LogP) is 2.49. The quantitative estimate of drug-likeness (QED) is 0.508. The summed E-state index contributed by atoms with van der Waals surface area (Å²) in [6, 6.07) is 2.01. The van der Waals surface area contributed by atoms with E-state index in [1.165, 1.54) is 4.88 Å². The van der Waals surface area contributed by atoms with Crippen molar-refractivity contribution >= 4 is 33.2 Å². The largest absolute Gasteiger partial charge is 0.370 e. The molecule has 15 heavy (non-hydrogen) atoms. The zero-order valence-electron chi connectivity index (χ0n) is 8.59. The van der Waals surface area contributed by atoms with Crippen LogP contribution in [0.3, 0.4) is 0 Å². The molecule has 0 spiro atoms. The molecule has 0 saturated heterocycles. The summed E-state index contributed by atoms with van der Waals surface area (Å²) >= 11 is 5.11. The van der Waals surface area contributed by atoms with Gasteiger partial charge in [-0.25, -0.2) is 4.99 Å². The van der Waals surface area contributed by atoms with E-state index in [0.29, 0.717) is 19.0 Å². The van der Waals surface area contributed by atoms with Gasteiger partial charge in [0.15, 0.2) is 5.96 Å². The monoisotopic (exact) mass is 287 g/mol. The molecule has 82 valence electrons. The SMILES string of the molecule is C=C(C)CNC(N)=NCc1sccc1Br. The molecular weight excluding hydrogens is 274 g/mol. The van der Waals surface area contributed by atoms with Crippen LogP contribution in [0.1, 0.15) is 11.8 Å². The molecule has 5 heteroatoms. The number of nitrogens with one attached hydrogen (secondary N) is 1. The average Bonchev–Trinajstić information content (AvgIpc) is 2.58. The van der Waals surface area contributed by atoms with E-state index in [0.717, 1.165) is 10.0 Å². The highest BCUT2D eigenvalue weighted by atomic mass is 79.9. The summed E-state index contributed by atoms with van der Waals surface area (Å²) in [6.07, 6.45) is 0. The third-order valence-electron chi connectivity index (χ3n) is 1.66. The Hall–Kier alpha value is -0.810. The summed E-state index contributed by atoms with van der Waals surface area (Å²) in [4.78, 5) is 5.40. The molecule has 0 saturated carbocycles. The van der Waals surface area contributed by atoms with E-state index >= 15 is 0 Å². The first kappa shape index (κ1) is 12.3. The van der Waals surface area contributed by atoms with Crippen molar-refractivity contribution in [3.8, 4) is 0 Å². The first-order chi connectivity index (χ1) is 7.09. The minimum Gasteiger partial charge on any atom is -0.370 e. The highest BCUT2D eigenvalue weighted by molar-refractivity contribution is 9.10. The Morgan fingerprint density at radius 1 is 1.73 bits per heavy atom. The highest BCUT2D eigenvalue weighted by Gasteiger charge is 1.99. The summed E-state index contributed by atoms with van der Waals surface area (Å²) in [5, 5.41) is 5.00. The summed E-state index contributed by atoms with van der Waals surface area (Å²) < 4.78 is 1.09. The molecule has 0 bridgehead atoms. The Morgan fingerprint density at radius 3 is 3.00 bits per heavy atom. The lowest BCUT2D eigenvalue weighted by atomic mass is 10.3. The number of hydrogen-bond acceptors (Lipinski definition) is 2. The average molecular weight is 288 g/mol. The van der Waals surface area contributed by atoms with Crippen LogP contribution >= 0.6 is 27.3 Å². The highest BCUT2D eigenvalue weighted by Crippen LogP contribution is 2.22. The molecule has 3 nitrogen and oxygen atoms in total. The Labute approximate surface area is 102 Å². The minimum absolute atomic E-state index is 0.457. The maximum Gasteiger partial charge on any atom is 0.189 e. The Balaban J connectivity index is 2.44. The number of aliphatic imine (C=N–C) groups is 1. The van der Waals surface area contributed by atoms with Crippen molar-refractivity contribution in [2.45, 2.75) is 13.5 Å². The van der Waals surface area contributed by atoms with Crippen molar-refractivity contribution in [3.63, 3.8) is 0 Å². The Morgan fingerprint density at radius 2 is 2.47 bits per heavy atom. The zero-order valence-corrected chi connectivity index (χ0v) is 11.0. The van der Waals surface area contributed by atoms with Gasteiger partial charge in [0, 0.05) is 15.9 Å². The van der Waals surface area contributed by atoms with Gasteiger partial charge >= 0.3 is 0 Å². The van der Waals surface area contributed by atoms with Crippen molar-refractivity contribution in [2.75, 3.05) is 6.54 Å². The Kier molecular flexibility index (Phi) is 4.84. The zero-order chi connectivity index (χ0) is 11.3. The second kappa shape index (κ2) is 5.92. The molecule has 0 aliphatic rings. The van der Waals surface area contributed by atoms with Crippen LogP contribution in [0.15, 0.2) is 33.1 Å². The van der Waals surface area contributed by atoms with Gasteiger partial charge in [-0.3, -0.25) is 0 Å². The van der Waals surface area contributed by atoms with Crippen LogP contribution in [0, 0.1) is 0 Å². The van der Waals surface area contributed by atoms with Crippen molar-refractivity contribution in [2.24, 2.45) is 10.7 Å². The van der Waals surface area contributed by atoms with Crippen molar-refractivity contribution in [1.82, 2.24) is 5.32 Å². The predicted molar refractivity (Wildman–Crippen MR) is 70.2 cm³/mol. The molecule has 0 radical (unpaired) electrons. The van der Waals surface area contributed by atoms with Gasteiger partial charge in [-0.15, -0.1) is 11.3 Å². The maximum absolute atomic E-state index is 5.68. The molecule has 3 N–H and O–H groups in total. The van der Waals surface area contributed by atoms with Gasteiger partial charge in [0.1, 0.15) is 0 Å². The lowest BCUT2D eigenvalue weighted by Gasteiger charge is -2.04. The molecule has 1 aromatic heterocycles. The second-order valence-corrected chi connectivity index (χ2v) is 5.06. The van der Waals surface area contributed by atoms with Crippen LogP contribution < -0.4 is 11.1 Å². The van der Waals surface area contributed by atoms with Gasteiger partial charge in [-0.05, 0) is 34.3 Å². The number of halogens is 1. The smallest absolute Gasteiger partial charge is 0.189 e. The van der Waals surface area contributed by atoms with Crippen molar-refractivity contribution < 1.29 is 0 Å².